The molecule has 0 saturated carbocycles. The third-order valence-corrected chi connectivity index (χ3v) is 2.61. The van der Waals surface area contributed by atoms with Crippen molar-refractivity contribution in [1.29, 1.82) is 0 Å². The molecule has 0 fully saturated rings. The van der Waals surface area contributed by atoms with Crippen LogP contribution in [0, 0.1) is 0 Å². The van der Waals surface area contributed by atoms with Gasteiger partial charge in [0.05, 0.1) is 0 Å². The van der Waals surface area contributed by atoms with Gasteiger partial charge in [0.25, 0.3) is 0 Å². The third kappa shape index (κ3) is 2.14. The van der Waals surface area contributed by atoms with Gasteiger partial charge in [0.15, 0.2) is 5.82 Å². The number of halogens is 1. The second kappa shape index (κ2) is 4.37. The summed E-state index contributed by atoms with van der Waals surface area (Å²) in [5.41, 5.74) is 3.43. The van der Waals surface area contributed by atoms with Crippen LogP contribution in [-0.4, -0.2) is 9.97 Å². The first kappa shape index (κ1) is 10.1. The molecule has 15 heavy (non-hydrogen) atoms. The molecule has 0 aliphatic heterocycles. The Bertz CT molecular complexity index is 472. The molecule has 2 aromatic rings. The van der Waals surface area contributed by atoms with E-state index in [0.29, 0.717) is 11.6 Å². The number of hydrogen-bond acceptors (Lipinski definition) is 4. The minimum atomic E-state index is 0.593. The standard InChI is InChI=1S/C10H9BrN4/c11-8-4-2-1-3-7(8)10-13-6-5-9(14-10)15-12/h1-6H,12H2,(H,13,14,15). The van der Waals surface area contributed by atoms with Crippen LogP contribution in [0.25, 0.3) is 11.4 Å². The van der Waals surface area contributed by atoms with Crippen molar-refractivity contribution in [2.24, 2.45) is 5.84 Å². The van der Waals surface area contributed by atoms with Crippen molar-refractivity contribution in [3.05, 3.63) is 41.0 Å². The van der Waals surface area contributed by atoms with Crippen molar-refractivity contribution >= 4 is 21.7 Å². The van der Waals surface area contributed by atoms with E-state index in [9.17, 15) is 0 Å². The fraction of sp³-hybridized carbons (Fsp3) is 0. The molecule has 0 bridgehead atoms. The summed E-state index contributed by atoms with van der Waals surface area (Å²) in [6, 6.07) is 9.48. The molecule has 4 nitrogen and oxygen atoms in total. The molecule has 1 aromatic carbocycles. The van der Waals surface area contributed by atoms with Crippen LogP contribution in [0.4, 0.5) is 5.82 Å². The molecule has 2 rings (SSSR count). The number of rotatable bonds is 2. The van der Waals surface area contributed by atoms with Gasteiger partial charge in [0.2, 0.25) is 0 Å². The second-order valence-corrected chi connectivity index (χ2v) is 3.74. The van der Waals surface area contributed by atoms with Gasteiger partial charge in [-0.15, -0.1) is 0 Å². The van der Waals surface area contributed by atoms with E-state index in [1.54, 1.807) is 12.3 Å². The summed E-state index contributed by atoms with van der Waals surface area (Å²) in [4.78, 5) is 8.43. The lowest BCUT2D eigenvalue weighted by Gasteiger charge is -2.04. The largest absolute Gasteiger partial charge is 0.308 e. The lowest BCUT2D eigenvalue weighted by molar-refractivity contribution is 1.14. The van der Waals surface area contributed by atoms with Gasteiger partial charge in [-0.1, -0.05) is 34.1 Å². The summed E-state index contributed by atoms with van der Waals surface area (Å²) < 4.78 is 0.958. The molecule has 0 unspecified atom stereocenters. The van der Waals surface area contributed by atoms with E-state index in [4.69, 9.17) is 5.84 Å². The van der Waals surface area contributed by atoms with Crippen LogP contribution in [0.3, 0.4) is 0 Å². The minimum Gasteiger partial charge on any atom is -0.308 e. The Morgan fingerprint density at radius 1 is 1.20 bits per heavy atom. The van der Waals surface area contributed by atoms with Crippen LogP contribution in [-0.2, 0) is 0 Å². The molecule has 0 radical (unpaired) electrons. The van der Waals surface area contributed by atoms with Gasteiger partial charge in [-0.2, -0.15) is 0 Å². The molecule has 0 aliphatic rings. The number of aromatic nitrogens is 2. The monoisotopic (exact) mass is 264 g/mol. The number of nitrogen functional groups attached to an aromatic ring is 1. The smallest absolute Gasteiger partial charge is 0.162 e. The number of hydrazine groups is 1. The normalized spacial score (nSPS) is 10.0. The first-order valence-corrected chi connectivity index (χ1v) is 5.15. The Kier molecular flexibility index (Phi) is 2.94. The van der Waals surface area contributed by atoms with Gasteiger partial charge < -0.3 is 5.43 Å². The van der Waals surface area contributed by atoms with E-state index in [0.717, 1.165) is 10.0 Å². The van der Waals surface area contributed by atoms with Gasteiger partial charge in [-0.05, 0) is 6.07 Å². The molecule has 0 aliphatic carbocycles. The van der Waals surface area contributed by atoms with Crippen molar-refractivity contribution in [2.45, 2.75) is 0 Å². The highest BCUT2D eigenvalue weighted by molar-refractivity contribution is 9.10. The first-order chi connectivity index (χ1) is 7.31. The lowest BCUT2D eigenvalue weighted by atomic mass is 10.2. The van der Waals surface area contributed by atoms with Gasteiger partial charge in [0.1, 0.15) is 5.82 Å². The average molecular weight is 265 g/mol. The fourth-order valence-corrected chi connectivity index (χ4v) is 1.67. The number of nitrogens with two attached hydrogens (primary N) is 1. The summed E-state index contributed by atoms with van der Waals surface area (Å²) in [7, 11) is 0. The molecular weight excluding hydrogens is 256 g/mol. The summed E-state index contributed by atoms with van der Waals surface area (Å²) in [6.07, 6.45) is 1.66. The zero-order chi connectivity index (χ0) is 10.7. The predicted molar refractivity (Wildman–Crippen MR) is 63.0 cm³/mol. The number of hydrogen-bond donors (Lipinski definition) is 2. The zero-order valence-electron chi connectivity index (χ0n) is 7.81. The van der Waals surface area contributed by atoms with Crippen molar-refractivity contribution in [3.8, 4) is 11.4 Å². The summed E-state index contributed by atoms with van der Waals surface area (Å²) in [5, 5.41) is 0. The van der Waals surface area contributed by atoms with Crippen LogP contribution in [0.1, 0.15) is 0 Å². The highest BCUT2D eigenvalue weighted by Gasteiger charge is 2.05. The van der Waals surface area contributed by atoms with Crippen LogP contribution in [0.5, 0.6) is 0 Å². The number of nitrogens with one attached hydrogen (secondary N) is 1. The molecule has 1 heterocycles. The molecular formula is C10H9BrN4. The Hall–Kier alpha value is -1.46. The topological polar surface area (TPSA) is 63.8 Å². The van der Waals surface area contributed by atoms with Crippen molar-refractivity contribution in [1.82, 2.24) is 9.97 Å². The van der Waals surface area contributed by atoms with Crippen LogP contribution in [0.2, 0.25) is 0 Å². The van der Waals surface area contributed by atoms with Gasteiger partial charge in [0, 0.05) is 22.3 Å². The van der Waals surface area contributed by atoms with Crippen molar-refractivity contribution in [2.75, 3.05) is 5.43 Å². The van der Waals surface area contributed by atoms with E-state index in [2.05, 4.69) is 31.3 Å². The van der Waals surface area contributed by atoms with Crippen molar-refractivity contribution < 1.29 is 0 Å². The number of nitrogens with zero attached hydrogens (tertiary/aromatic N) is 2. The summed E-state index contributed by atoms with van der Waals surface area (Å²) in [5.74, 6) is 6.51. The van der Waals surface area contributed by atoms with E-state index in [1.807, 2.05) is 24.3 Å². The Morgan fingerprint density at radius 3 is 2.73 bits per heavy atom. The highest BCUT2D eigenvalue weighted by Crippen LogP contribution is 2.25. The first-order valence-electron chi connectivity index (χ1n) is 4.36. The molecule has 3 N–H and O–H groups in total. The minimum absolute atomic E-state index is 0.593. The zero-order valence-corrected chi connectivity index (χ0v) is 9.40. The molecule has 0 saturated heterocycles. The Balaban J connectivity index is 2.49. The molecule has 0 atom stereocenters. The summed E-state index contributed by atoms with van der Waals surface area (Å²) in [6.45, 7) is 0. The van der Waals surface area contributed by atoms with Crippen molar-refractivity contribution in [3.63, 3.8) is 0 Å². The Morgan fingerprint density at radius 2 is 2.00 bits per heavy atom. The fourth-order valence-electron chi connectivity index (χ4n) is 1.21. The third-order valence-electron chi connectivity index (χ3n) is 1.92. The SMILES string of the molecule is NNc1ccnc(-c2ccccc2Br)n1. The number of benzene rings is 1. The van der Waals surface area contributed by atoms with Crippen LogP contribution in [0.15, 0.2) is 41.0 Å². The summed E-state index contributed by atoms with van der Waals surface area (Å²) >= 11 is 3.45. The predicted octanol–water partition coefficient (Wildman–Crippen LogP) is 2.19. The maximum Gasteiger partial charge on any atom is 0.162 e. The maximum absolute atomic E-state index is 5.28. The van der Waals surface area contributed by atoms with E-state index in [1.165, 1.54) is 0 Å². The van der Waals surface area contributed by atoms with Gasteiger partial charge in [-0.3, -0.25) is 0 Å². The molecule has 1 aromatic heterocycles. The Labute approximate surface area is 95.7 Å². The quantitative estimate of drug-likeness (QED) is 0.645. The van der Waals surface area contributed by atoms with E-state index >= 15 is 0 Å². The van der Waals surface area contributed by atoms with Crippen LogP contribution >= 0.6 is 15.9 Å². The second-order valence-electron chi connectivity index (χ2n) is 2.89. The van der Waals surface area contributed by atoms with E-state index < -0.39 is 0 Å². The van der Waals surface area contributed by atoms with E-state index in [-0.39, 0.29) is 0 Å². The van der Waals surface area contributed by atoms with Crippen LogP contribution < -0.4 is 11.3 Å². The van der Waals surface area contributed by atoms with Gasteiger partial charge in [-0.25, -0.2) is 15.8 Å². The van der Waals surface area contributed by atoms with Gasteiger partial charge >= 0.3 is 0 Å². The lowest BCUT2D eigenvalue weighted by Crippen LogP contribution is -2.09. The highest BCUT2D eigenvalue weighted by atomic mass is 79.9. The maximum atomic E-state index is 5.28. The molecule has 5 heteroatoms. The molecule has 76 valence electrons. The average Bonchev–Trinajstić information content (AvgIpc) is 2.30. The number of anilines is 1. The molecule has 0 spiro atoms. The molecule has 0 amide bonds.